The van der Waals surface area contributed by atoms with Crippen molar-refractivity contribution in [3.8, 4) is 11.9 Å². The lowest BCUT2D eigenvalue weighted by Gasteiger charge is -2.28. The van der Waals surface area contributed by atoms with Gasteiger partial charge in [-0.15, -0.1) is 5.10 Å². The molecule has 2 aromatic carbocycles. The Labute approximate surface area is 274 Å². The number of methoxy groups -OCH3 is 1. The molecule has 242 valence electrons. The number of rotatable bonds is 10. The summed E-state index contributed by atoms with van der Waals surface area (Å²) < 4.78 is 48.8. The number of nitrogens with zero attached hydrogens (tertiary/aromatic N) is 6. The second-order valence-corrected chi connectivity index (χ2v) is 13.5. The molecule has 5 aromatic rings. The molecule has 2 fully saturated rings. The van der Waals surface area contributed by atoms with Crippen LogP contribution in [0.1, 0.15) is 62.4 Å². The number of hydrogen-bond acceptors (Lipinski definition) is 8. The summed E-state index contributed by atoms with van der Waals surface area (Å²) in [6, 6.07) is 12.8. The van der Waals surface area contributed by atoms with Gasteiger partial charge in [-0.2, -0.15) is 18.4 Å². The molecule has 7 rings (SSSR count). The van der Waals surface area contributed by atoms with Crippen molar-refractivity contribution in [2.45, 2.75) is 57.3 Å². The molecule has 2 aliphatic carbocycles. The topological polar surface area (TPSA) is 114 Å². The highest BCUT2D eigenvalue weighted by Crippen LogP contribution is 2.59. The molecule has 0 bridgehead atoms. The average molecular weight is 661 g/mol. The smallest absolute Gasteiger partial charge is 0.395 e. The maximum absolute atomic E-state index is 13.7. The SMILES string of the molecule is COc1nccc2c(C(Nc3cc(Cl)c4ncc(C#N)c(NCC(C)(C)C(F)(F)F)c4c3)c3cn(C4(C5CC5)CC4)nn3)cccc12. The monoisotopic (exact) mass is 660 g/mol. The van der Waals surface area contributed by atoms with E-state index in [1.54, 1.807) is 25.4 Å². The van der Waals surface area contributed by atoms with Crippen LogP contribution < -0.4 is 15.4 Å². The number of benzene rings is 2. The Bertz CT molecular complexity index is 2050. The fourth-order valence-corrected chi connectivity index (χ4v) is 6.59. The zero-order valence-corrected chi connectivity index (χ0v) is 26.7. The Kier molecular flexibility index (Phi) is 7.43. The maximum atomic E-state index is 13.7. The van der Waals surface area contributed by atoms with Crippen molar-refractivity contribution in [1.82, 2.24) is 25.0 Å². The second-order valence-electron chi connectivity index (χ2n) is 13.1. The highest BCUT2D eigenvalue weighted by molar-refractivity contribution is 6.35. The molecule has 1 atom stereocenters. The number of anilines is 2. The molecule has 0 radical (unpaired) electrons. The summed E-state index contributed by atoms with van der Waals surface area (Å²) in [6.45, 7) is 1.76. The van der Waals surface area contributed by atoms with Crippen LogP contribution in [0, 0.1) is 22.7 Å². The third kappa shape index (κ3) is 5.46. The first-order chi connectivity index (χ1) is 22.5. The average Bonchev–Trinajstić information content (AvgIpc) is 3.99. The van der Waals surface area contributed by atoms with Crippen molar-refractivity contribution in [3.63, 3.8) is 0 Å². The number of pyridine rings is 2. The third-order valence-corrected chi connectivity index (χ3v) is 9.79. The zero-order valence-electron chi connectivity index (χ0n) is 26.0. The molecule has 0 saturated heterocycles. The van der Waals surface area contributed by atoms with Crippen LogP contribution in [0.2, 0.25) is 5.02 Å². The lowest BCUT2D eigenvalue weighted by molar-refractivity contribution is -0.206. The number of ether oxygens (including phenoxy) is 1. The van der Waals surface area contributed by atoms with E-state index >= 15 is 0 Å². The summed E-state index contributed by atoms with van der Waals surface area (Å²) in [4.78, 5) is 8.74. The normalized spacial score (nSPS) is 16.6. The predicted octanol–water partition coefficient (Wildman–Crippen LogP) is 8.01. The van der Waals surface area contributed by atoms with E-state index < -0.39 is 24.2 Å². The molecule has 3 aromatic heterocycles. The van der Waals surface area contributed by atoms with E-state index in [-0.39, 0.29) is 21.8 Å². The Morgan fingerprint density at radius 1 is 1.13 bits per heavy atom. The highest BCUT2D eigenvalue weighted by atomic mass is 35.5. The maximum Gasteiger partial charge on any atom is 0.395 e. The second kappa shape index (κ2) is 11.3. The lowest BCUT2D eigenvalue weighted by Crippen LogP contribution is -2.38. The van der Waals surface area contributed by atoms with Crippen LogP contribution in [0.5, 0.6) is 5.88 Å². The van der Waals surface area contributed by atoms with Gasteiger partial charge in [0.1, 0.15) is 11.8 Å². The molecular weight excluding hydrogens is 629 g/mol. The Morgan fingerprint density at radius 2 is 1.91 bits per heavy atom. The zero-order chi connectivity index (χ0) is 33.1. The lowest BCUT2D eigenvalue weighted by atomic mass is 9.92. The summed E-state index contributed by atoms with van der Waals surface area (Å²) >= 11 is 6.77. The molecule has 0 amide bonds. The fraction of sp³-hybridized carbons (Fsp3) is 0.382. The van der Waals surface area contributed by atoms with E-state index in [4.69, 9.17) is 16.3 Å². The number of fused-ring (bicyclic) bond motifs is 2. The molecular formula is C34H32ClF3N8O. The van der Waals surface area contributed by atoms with Crippen molar-refractivity contribution in [3.05, 3.63) is 76.8 Å². The van der Waals surface area contributed by atoms with Crippen LogP contribution in [-0.2, 0) is 5.54 Å². The molecule has 1 unspecified atom stereocenters. The minimum atomic E-state index is -4.46. The van der Waals surface area contributed by atoms with E-state index in [0.717, 1.165) is 43.0 Å². The van der Waals surface area contributed by atoms with Gasteiger partial charge in [-0.3, -0.25) is 4.98 Å². The predicted molar refractivity (Wildman–Crippen MR) is 174 cm³/mol. The standard InChI is InChI=1S/C34H32ClF3N8O/c1-32(2,34(36,37)38)18-42-28-19(15-39)16-41-29-25(28)13-21(14-26(29)35)43-30(23-5-4-6-24-22(23)9-12-40-31(24)47-3)27-17-46(45-44-27)33(10-11-33)20-7-8-20/h4-6,9,12-14,16-17,20,30,43H,7-8,10-11,18H2,1-3H3,(H,41,42). The Balaban J connectivity index is 1.34. The Morgan fingerprint density at radius 3 is 2.60 bits per heavy atom. The molecule has 3 heterocycles. The first-order valence-electron chi connectivity index (χ1n) is 15.4. The molecule has 2 aliphatic rings. The quantitative estimate of drug-likeness (QED) is 0.155. The van der Waals surface area contributed by atoms with Crippen LogP contribution in [-0.4, -0.2) is 44.8 Å². The van der Waals surface area contributed by atoms with Gasteiger partial charge >= 0.3 is 6.18 Å². The van der Waals surface area contributed by atoms with E-state index in [9.17, 15) is 18.4 Å². The van der Waals surface area contributed by atoms with Gasteiger partial charge in [-0.05, 0) is 80.7 Å². The number of nitriles is 1. The van der Waals surface area contributed by atoms with Gasteiger partial charge in [0, 0.05) is 35.4 Å². The van der Waals surface area contributed by atoms with E-state index in [0.29, 0.717) is 34.1 Å². The summed E-state index contributed by atoms with van der Waals surface area (Å²) in [5, 5.41) is 28.0. The minimum Gasteiger partial charge on any atom is -0.481 e. The van der Waals surface area contributed by atoms with E-state index in [1.165, 1.54) is 19.0 Å². The van der Waals surface area contributed by atoms with E-state index in [2.05, 4.69) is 37.0 Å². The van der Waals surface area contributed by atoms with Gasteiger partial charge in [-0.1, -0.05) is 28.9 Å². The van der Waals surface area contributed by atoms with Crippen LogP contribution in [0.25, 0.3) is 21.7 Å². The minimum absolute atomic E-state index is 0.0259. The number of hydrogen-bond donors (Lipinski definition) is 2. The molecule has 2 saturated carbocycles. The summed E-state index contributed by atoms with van der Waals surface area (Å²) in [7, 11) is 1.57. The Hall–Kier alpha value is -4.63. The number of aromatic nitrogens is 5. The van der Waals surface area contributed by atoms with Gasteiger partial charge < -0.3 is 15.4 Å². The van der Waals surface area contributed by atoms with Gasteiger partial charge in [-0.25, -0.2) is 9.67 Å². The number of alkyl halides is 3. The molecule has 0 aliphatic heterocycles. The van der Waals surface area contributed by atoms with Gasteiger partial charge in [0.15, 0.2) is 0 Å². The molecule has 9 nitrogen and oxygen atoms in total. The highest BCUT2D eigenvalue weighted by Gasteiger charge is 2.56. The van der Waals surface area contributed by atoms with Crippen molar-refractivity contribution in [1.29, 1.82) is 5.26 Å². The summed E-state index contributed by atoms with van der Waals surface area (Å²) in [5.74, 6) is 1.10. The molecule has 2 N–H and O–H groups in total. The van der Waals surface area contributed by atoms with Crippen LogP contribution in [0.4, 0.5) is 24.5 Å². The van der Waals surface area contributed by atoms with E-state index in [1.807, 2.05) is 35.1 Å². The van der Waals surface area contributed by atoms with Gasteiger partial charge in [0.25, 0.3) is 0 Å². The van der Waals surface area contributed by atoms with Crippen molar-refractivity contribution in [2.24, 2.45) is 11.3 Å². The van der Waals surface area contributed by atoms with Crippen LogP contribution in [0.15, 0.2) is 55.0 Å². The molecule has 13 heteroatoms. The molecule has 0 spiro atoms. The summed E-state index contributed by atoms with van der Waals surface area (Å²) in [6.07, 6.45) is 5.08. The van der Waals surface area contributed by atoms with Gasteiger partial charge in [0.2, 0.25) is 5.88 Å². The summed E-state index contributed by atoms with van der Waals surface area (Å²) in [5.41, 5.74) is 0.775. The number of halogens is 4. The fourth-order valence-electron chi connectivity index (χ4n) is 6.32. The third-order valence-electron chi connectivity index (χ3n) is 9.50. The number of nitrogens with one attached hydrogen (secondary N) is 2. The van der Waals surface area contributed by atoms with Crippen molar-refractivity contribution < 1.29 is 17.9 Å². The van der Waals surface area contributed by atoms with Gasteiger partial charge in [0.05, 0.1) is 52.1 Å². The molecule has 47 heavy (non-hydrogen) atoms. The van der Waals surface area contributed by atoms with Crippen molar-refractivity contribution >= 4 is 44.7 Å². The first-order valence-corrected chi connectivity index (χ1v) is 15.8. The van der Waals surface area contributed by atoms with Crippen LogP contribution >= 0.6 is 11.6 Å². The first kappa shape index (κ1) is 31.0. The van der Waals surface area contributed by atoms with Crippen LogP contribution in [0.3, 0.4) is 0 Å². The van der Waals surface area contributed by atoms with Crippen molar-refractivity contribution in [2.75, 3.05) is 24.3 Å². The largest absolute Gasteiger partial charge is 0.481 e.